The Morgan fingerprint density at radius 2 is 1.62 bits per heavy atom. The molecule has 0 spiro atoms. The molecule has 5 heteroatoms. The molecule has 39 heavy (non-hydrogen) atoms. The third kappa shape index (κ3) is 7.81. The number of ketones is 1. The molecule has 3 aromatic carbocycles. The smallest absolute Gasteiger partial charge is 0.307 e. The first kappa shape index (κ1) is 27.6. The lowest BCUT2D eigenvalue weighted by molar-refractivity contribution is -0.141. The summed E-state index contributed by atoms with van der Waals surface area (Å²) < 4.78 is 11.9. The molecular weight excluding hydrogens is 488 g/mol. The van der Waals surface area contributed by atoms with E-state index >= 15 is 0 Å². The molecule has 4 rings (SSSR count). The van der Waals surface area contributed by atoms with Crippen LogP contribution in [0.4, 0.5) is 0 Å². The Morgan fingerprint density at radius 1 is 0.949 bits per heavy atom. The van der Waals surface area contributed by atoms with Gasteiger partial charge in [-0.3, -0.25) is 9.59 Å². The van der Waals surface area contributed by atoms with E-state index in [1.165, 1.54) is 0 Å². The Balaban J connectivity index is 1.32. The van der Waals surface area contributed by atoms with Gasteiger partial charge in [-0.2, -0.15) is 0 Å². The van der Waals surface area contributed by atoms with Crippen molar-refractivity contribution in [3.8, 4) is 17.1 Å². The minimum atomic E-state index is -0.868. The van der Waals surface area contributed by atoms with Crippen LogP contribution in [0.25, 0.3) is 11.3 Å². The van der Waals surface area contributed by atoms with Gasteiger partial charge in [0.2, 0.25) is 0 Å². The largest absolute Gasteiger partial charge is 0.493 e. The monoisotopic (exact) mass is 522 g/mol. The predicted molar refractivity (Wildman–Crippen MR) is 153 cm³/mol. The van der Waals surface area contributed by atoms with Gasteiger partial charge >= 0.3 is 5.97 Å². The maximum atomic E-state index is 12.6. The fourth-order valence-corrected chi connectivity index (χ4v) is 4.54. The van der Waals surface area contributed by atoms with Gasteiger partial charge in [0.15, 0.2) is 5.78 Å². The second-order valence-corrected chi connectivity index (χ2v) is 9.63. The van der Waals surface area contributed by atoms with Crippen LogP contribution in [-0.4, -0.2) is 23.5 Å². The molecule has 5 nitrogen and oxygen atoms in total. The van der Waals surface area contributed by atoms with E-state index in [1.807, 2.05) is 86.6 Å². The van der Waals surface area contributed by atoms with Gasteiger partial charge in [-0.15, -0.1) is 0 Å². The molecule has 0 amide bonds. The predicted octanol–water partition coefficient (Wildman–Crippen LogP) is 7.73. The lowest BCUT2D eigenvalue weighted by Gasteiger charge is -2.15. The van der Waals surface area contributed by atoms with E-state index in [1.54, 1.807) is 18.2 Å². The van der Waals surface area contributed by atoms with Crippen molar-refractivity contribution < 1.29 is 23.8 Å². The van der Waals surface area contributed by atoms with Crippen LogP contribution >= 0.6 is 0 Å². The van der Waals surface area contributed by atoms with Crippen molar-refractivity contribution in [2.45, 2.75) is 39.5 Å². The quantitative estimate of drug-likeness (QED) is 0.144. The zero-order valence-corrected chi connectivity index (χ0v) is 22.4. The number of carbonyl (C=O) groups excluding carboxylic acids is 1. The van der Waals surface area contributed by atoms with E-state index in [0.29, 0.717) is 31.4 Å². The van der Waals surface area contributed by atoms with Gasteiger partial charge in [-0.05, 0) is 61.6 Å². The maximum Gasteiger partial charge on any atom is 0.307 e. The number of rotatable bonds is 13. The highest BCUT2D eigenvalue weighted by Gasteiger charge is 2.20. The Bertz CT molecular complexity index is 1400. The summed E-state index contributed by atoms with van der Waals surface area (Å²) in [4.78, 5) is 24.6. The molecule has 0 saturated heterocycles. The first-order valence-electron chi connectivity index (χ1n) is 13.3. The van der Waals surface area contributed by atoms with E-state index in [2.05, 4.69) is 6.07 Å². The van der Waals surface area contributed by atoms with Gasteiger partial charge in [-0.25, -0.2) is 0 Å². The number of hydrogen-bond acceptors (Lipinski definition) is 4. The maximum absolute atomic E-state index is 12.6. The zero-order valence-electron chi connectivity index (χ0n) is 22.4. The van der Waals surface area contributed by atoms with Gasteiger partial charge < -0.3 is 14.3 Å². The number of benzene rings is 3. The van der Waals surface area contributed by atoms with Crippen molar-refractivity contribution in [1.82, 2.24) is 0 Å². The fraction of sp³-hybridized carbons (Fsp3) is 0.235. The van der Waals surface area contributed by atoms with Crippen LogP contribution in [0.5, 0.6) is 5.75 Å². The summed E-state index contributed by atoms with van der Waals surface area (Å²) in [6, 6.07) is 28.7. The molecule has 1 atom stereocenters. The summed E-state index contributed by atoms with van der Waals surface area (Å²) in [6.07, 6.45) is 3.64. The van der Waals surface area contributed by atoms with Crippen LogP contribution in [0.3, 0.4) is 0 Å². The molecule has 0 aliphatic carbocycles. The summed E-state index contributed by atoms with van der Waals surface area (Å²) >= 11 is 0. The first-order chi connectivity index (χ1) is 18.9. The molecular formula is C34H34O5. The van der Waals surface area contributed by atoms with Crippen molar-refractivity contribution in [2.24, 2.45) is 5.92 Å². The number of aryl methyl sites for hydroxylation is 1. The van der Waals surface area contributed by atoms with Crippen molar-refractivity contribution in [2.75, 3.05) is 6.61 Å². The van der Waals surface area contributed by atoms with Crippen molar-refractivity contribution in [3.63, 3.8) is 0 Å². The summed E-state index contributed by atoms with van der Waals surface area (Å²) in [5.41, 5.74) is 4.51. The van der Waals surface area contributed by atoms with Gasteiger partial charge in [0, 0.05) is 17.5 Å². The number of ether oxygens (including phenoxy) is 1. The lowest BCUT2D eigenvalue weighted by atomic mass is 9.90. The van der Waals surface area contributed by atoms with E-state index in [-0.39, 0.29) is 5.78 Å². The molecule has 0 fully saturated rings. The average molecular weight is 523 g/mol. The minimum Gasteiger partial charge on any atom is -0.493 e. The lowest BCUT2D eigenvalue weighted by Crippen LogP contribution is -2.17. The van der Waals surface area contributed by atoms with Gasteiger partial charge in [-0.1, -0.05) is 85.3 Å². The highest BCUT2D eigenvalue weighted by Crippen LogP contribution is 2.26. The van der Waals surface area contributed by atoms with Gasteiger partial charge in [0.25, 0.3) is 0 Å². The number of carboxylic acids is 1. The normalized spacial score (nSPS) is 12.2. The Hall–Kier alpha value is -4.38. The Kier molecular flexibility index (Phi) is 9.52. The molecule has 0 unspecified atom stereocenters. The first-order valence-corrected chi connectivity index (χ1v) is 13.3. The number of allylic oxidation sites excluding steroid dienone is 2. The number of aliphatic carboxylic acids is 1. The summed E-state index contributed by atoms with van der Waals surface area (Å²) in [7, 11) is 0. The second kappa shape index (κ2) is 13.4. The van der Waals surface area contributed by atoms with Crippen molar-refractivity contribution >= 4 is 11.8 Å². The molecule has 0 saturated carbocycles. The highest BCUT2D eigenvalue weighted by atomic mass is 16.5. The van der Waals surface area contributed by atoms with Crippen LogP contribution in [0, 0.1) is 12.8 Å². The number of furan rings is 1. The zero-order chi connectivity index (χ0) is 27.6. The van der Waals surface area contributed by atoms with E-state index in [9.17, 15) is 14.7 Å². The van der Waals surface area contributed by atoms with Crippen LogP contribution in [0.1, 0.15) is 47.0 Å². The van der Waals surface area contributed by atoms with Gasteiger partial charge in [0.1, 0.15) is 17.3 Å². The molecule has 0 bridgehead atoms. The van der Waals surface area contributed by atoms with Gasteiger partial charge in [0.05, 0.1) is 12.5 Å². The number of carbonyl (C=O) groups is 2. The molecule has 1 aromatic heterocycles. The minimum absolute atomic E-state index is 0.0972. The summed E-state index contributed by atoms with van der Waals surface area (Å²) in [6.45, 7) is 4.42. The Morgan fingerprint density at radius 3 is 2.26 bits per heavy atom. The molecule has 1 heterocycles. The molecule has 0 radical (unpaired) electrons. The highest BCUT2D eigenvalue weighted by molar-refractivity contribution is 6.04. The van der Waals surface area contributed by atoms with E-state index in [4.69, 9.17) is 9.15 Å². The third-order valence-corrected chi connectivity index (χ3v) is 6.83. The number of hydrogen-bond donors (Lipinski definition) is 1. The van der Waals surface area contributed by atoms with Crippen LogP contribution in [-0.2, 0) is 17.6 Å². The SMILES string of the molecule is CC/C(=C/C(=O)c1ccccc1)C[C@@H](Cc1ccc(OCCc2cc(-c3ccccc3)oc2C)cc1)C(=O)O. The Labute approximate surface area is 229 Å². The van der Waals surface area contributed by atoms with E-state index < -0.39 is 11.9 Å². The fourth-order valence-electron chi connectivity index (χ4n) is 4.54. The standard InChI is InChI=1S/C34H34O5/c1-3-25(22-32(35)27-10-6-4-7-11-27)20-30(34(36)37)21-26-14-16-31(17-15-26)38-19-18-29-23-33(39-24(29)2)28-12-8-5-9-13-28/h4-17,22-23,30H,3,18-21H2,1-2H3,(H,36,37)/b25-22-/t30-/m0/s1. The number of carboxylic acid groups (broad SMARTS) is 1. The van der Waals surface area contributed by atoms with Crippen LogP contribution in [0.2, 0.25) is 0 Å². The summed E-state index contributed by atoms with van der Waals surface area (Å²) in [5, 5.41) is 9.86. The van der Waals surface area contributed by atoms with Crippen molar-refractivity contribution in [3.05, 3.63) is 125 Å². The molecule has 0 aliphatic heterocycles. The topological polar surface area (TPSA) is 76.7 Å². The van der Waals surface area contributed by atoms with E-state index in [0.717, 1.165) is 46.0 Å². The van der Waals surface area contributed by atoms with Crippen LogP contribution < -0.4 is 4.74 Å². The second-order valence-electron chi connectivity index (χ2n) is 9.63. The molecule has 1 N–H and O–H groups in total. The molecule has 4 aromatic rings. The van der Waals surface area contributed by atoms with Crippen LogP contribution in [0.15, 0.2) is 107 Å². The van der Waals surface area contributed by atoms with Crippen molar-refractivity contribution in [1.29, 1.82) is 0 Å². The average Bonchev–Trinajstić information content (AvgIpc) is 3.34. The summed E-state index contributed by atoms with van der Waals surface area (Å²) in [5.74, 6) is 0.892. The molecule has 0 aliphatic rings. The molecule has 200 valence electrons. The third-order valence-electron chi connectivity index (χ3n) is 6.83.